The Balaban J connectivity index is 1.94. The zero-order valence-electron chi connectivity index (χ0n) is 12.2. The van der Waals surface area contributed by atoms with Gasteiger partial charge in [0.1, 0.15) is 0 Å². The van der Waals surface area contributed by atoms with Gasteiger partial charge < -0.3 is 15.0 Å². The minimum Gasteiger partial charge on any atom is -0.383 e. The molecular weight excluding hydrogens is 252 g/mol. The molecule has 2 amide bonds. The number of hydrogen-bond acceptors (Lipinski definition) is 2. The van der Waals surface area contributed by atoms with E-state index in [-0.39, 0.29) is 6.03 Å². The molecule has 0 aliphatic carbocycles. The normalized spacial score (nSPS) is 19.4. The summed E-state index contributed by atoms with van der Waals surface area (Å²) in [4.78, 5) is 14.1. The van der Waals surface area contributed by atoms with Crippen LogP contribution in [0.2, 0.25) is 0 Å². The molecule has 2 rings (SSSR count). The van der Waals surface area contributed by atoms with Crippen LogP contribution in [0, 0.1) is 0 Å². The van der Waals surface area contributed by atoms with E-state index in [9.17, 15) is 4.79 Å². The molecule has 0 bridgehead atoms. The Labute approximate surface area is 121 Å². The summed E-state index contributed by atoms with van der Waals surface area (Å²) in [7, 11) is 1.64. The van der Waals surface area contributed by atoms with E-state index in [0.717, 1.165) is 25.9 Å². The van der Waals surface area contributed by atoms with E-state index < -0.39 is 0 Å². The lowest BCUT2D eigenvalue weighted by atomic mass is 9.94. The van der Waals surface area contributed by atoms with E-state index in [1.165, 1.54) is 12.0 Å². The summed E-state index contributed by atoms with van der Waals surface area (Å²) in [5.74, 6) is 0.451. The highest BCUT2D eigenvalue weighted by Crippen LogP contribution is 2.26. The number of nitrogens with zero attached hydrogens (tertiary/aromatic N) is 1. The van der Waals surface area contributed by atoms with Gasteiger partial charge in [-0.1, -0.05) is 36.8 Å². The standard InChI is InChI=1S/C16H24N2O2/c1-20-12-10-17-16(19)18-11-6-5-9-15(13-18)14-7-3-2-4-8-14/h2-4,7-8,15H,5-6,9-13H2,1H3,(H,17,19). The zero-order valence-corrected chi connectivity index (χ0v) is 12.2. The van der Waals surface area contributed by atoms with Crippen molar-refractivity contribution in [1.82, 2.24) is 10.2 Å². The van der Waals surface area contributed by atoms with E-state index in [1.54, 1.807) is 7.11 Å². The molecule has 1 aromatic carbocycles. The number of amides is 2. The molecule has 110 valence electrons. The second-order valence-electron chi connectivity index (χ2n) is 5.27. The number of carbonyl (C=O) groups excluding carboxylic acids is 1. The molecule has 4 heteroatoms. The molecule has 0 radical (unpaired) electrons. The summed E-state index contributed by atoms with van der Waals surface area (Å²) < 4.78 is 4.96. The predicted molar refractivity (Wildman–Crippen MR) is 79.9 cm³/mol. The topological polar surface area (TPSA) is 41.6 Å². The van der Waals surface area contributed by atoms with E-state index in [4.69, 9.17) is 4.74 Å². The Hall–Kier alpha value is -1.55. The van der Waals surface area contributed by atoms with Crippen LogP contribution >= 0.6 is 0 Å². The lowest BCUT2D eigenvalue weighted by Gasteiger charge is -2.25. The summed E-state index contributed by atoms with van der Waals surface area (Å²) in [6.45, 7) is 2.79. The molecule has 1 fully saturated rings. The van der Waals surface area contributed by atoms with Crippen LogP contribution in [0.5, 0.6) is 0 Å². The van der Waals surface area contributed by atoms with Crippen LogP contribution in [0.3, 0.4) is 0 Å². The number of methoxy groups -OCH3 is 1. The van der Waals surface area contributed by atoms with E-state index in [2.05, 4.69) is 29.6 Å². The third-order valence-corrected chi connectivity index (χ3v) is 3.81. The highest BCUT2D eigenvalue weighted by Gasteiger charge is 2.22. The van der Waals surface area contributed by atoms with Crippen molar-refractivity contribution in [3.05, 3.63) is 35.9 Å². The lowest BCUT2D eigenvalue weighted by Crippen LogP contribution is -2.42. The van der Waals surface area contributed by atoms with E-state index in [1.807, 2.05) is 11.0 Å². The van der Waals surface area contributed by atoms with Gasteiger partial charge >= 0.3 is 6.03 Å². The predicted octanol–water partition coefficient (Wildman–Crippen LogP) is 2.61. The Morgan fingerprint density at radius 1 is 1.35 bits per heavy atom. The average molecular weight is 276 g/mol. The van der Waals surface area contributed by atoms with Crippen molar-refractivity contribution in [2.24, 2.45) is 0 Å². The number of nitrogens with one attached hydrogen (secondary N) is 1. The minimum absolute atomic E-state index is 0.0323. The maximum absolute atomic E-state index is 12.2. The van der Waals surface area contributed by atoms with Crippen molar-refractivity contribution < 1.29 is 9.53 Å². The number of benzene rings is 1. The molecular formula is C16H24N2O2. The van der Waals surface area contributed by atoms with Gasteiger partial charge in [-0.15, -0.1) is 0 Å². The largest absolute Gasteiger partial charge is 0.383 e. The first-order valence-electron chi connectivity index (χ1n) is 7.38. The summed E-state index contributed by atoms with van der Waals surface area (Å²) in [6.07, 6.45) is 3.42. The van der Waals surface area contributed by atoms with Crippen molar-refractivity contribution in [3.8, 4) is 0 Å². The maximum Gasteiger partial charge on any atom is 0.317 e. The molecule has 0 saturated carbocycles. The monoisotopic (exact) mass is 276 g/mol. The smallest absolute Gasteiger partial charge is 0.317 e. The van der Waals surface area contributed by atoms with E-state index >= 15 is 0 Å². The van der Waals surface area contributed by atoms with Crippen LogP contribution in [-0.2, 0) is 4.74 Å². The fraction of sp³-hybridized carbons (Fsp3) is 0.562. The summed E-state index contributed by atoms with van der Waals surface area (Å²) >= 11 is 0. The van der Waals surface area contributed by atoms with Gasteiger partial charge in [0.15, 0.2) is 0 Å². The molecule has 1 aliphatic rings. The summed E-state index contributed by atoms with van der Waals surface area (Å²) in [5, 5.41) is 2.92. The first-order valence-corrected chi connectivity index (χ1v) is 7.38. The zero-order chi connectivity index (χ0) is 14.2. The fourth-order valence-corrected chi connectivity index (χ4v) is 2.70. The number of hydrogen-bond donors (Lipinski definition) is 1. The minimum atomic E-state index is 0.0323. The van der Waals surface area contributed by atoms with Gasteiger partial charge in [-0.2, -0.15) is 0 Å². The SMILES string of the molecule is COCCNC(=O)N1CCCCC(c2ccccc2)C1. The van der Waals surface area contributed by atoms with Crippen LogP contribution in [0.1, 0.15) is 30.7 Å². The molecule has 1 N–H and O–H groups in total. The fourth-order valence-electron chi connectivity index (χ4n) is 2.70. The second kappa shape index (κ2) is 7.90. The highest BCUT2D eigenvalue weighted by molar-refractivity contribution is 5.74. The molecule has 0 spiro atoms. The number of ether oxygens (including phenoxy) is 1. The van der Waals surface area contributed by atoms with Gasteiger partial charge in [0.2, 0.25) is 0 Å². The second-order valence-corrected chi connectivity index (χ2v) is 5.27. The Morgan fingerprint density at radius 2 is 2.15 bits per heavy atom. The summed E-state index contributed by atoms with van der Waals surface area (Å²) in [5.41, 5.74) is 1.34. The number of urea groups is 1. The molecule has 1 aromatic rings. The third-order valence-electron chi connectivity index (χ3n) is 3.81. The molecule has 1 unspecified atom stereocenters. The third kappa shape index (κ3) is 4.23. The van der Waals surface area contributed by atoms with Crippen LogP contribution in [-0.4, -0.2) is 44.3 Å². The first kappa shape index (κ1) is 14.9. The Kier molecular flexibility index (Phi) is 5.87. The van der Waals surface area contributed by atoms with Crippen molar-refractivity contribution in [3.63, 3.8) is 0 Å². The van der Waals surface area contributed by atoms with Gasteiger partial charge in [-0.3, -0.25) is 0 Å². The molecule has 1 heterocycles. The number of carbonyl (C=O) groups is 1. The van der Waals surface area contributed by atoms with Gasteiger partial charge in [0.05, 0.1) is 6.61 Å². The Bertz CT molecular complexity index is 408. The van der Waals surface area contributed by atoms with E-state index in [0.29, 0.717) is 19.1 Å². The molecule has 0 aromatic heterocycles. The summed E-state index contributed by atoms with van der Waals surface area (Å²) in [6, 6.07) is 10.5. The molecule has 4 nitrogen and oxygen atoms in total. The maximum atomic E-state index is 12.2. The van der Waals surface area contributed by atoms with Crippen LogP contribution in [0.15, 0.2) is 30.3 Å². The first-order chi connectivity index (χ1) is 9.81. The molecule has 1 atom stereocenters. The van der Waals surface area contributed by atoms with Crippen molar-refractivity contribution >= 4 is 6.03 Å². The van der Waals surface area contributed by atoms with Gasteiger partial charge in [0, 0.05) is 32.7 Å². The average Bonchev–Trinajstić information content (AvgIpc) is 2.74. The lowest BCUT2D eigenvalue weighted by molar-refractivity contribution is 0.179. The quantitative estimate of drug-likeness (QED) is 0.859. The van der Waals surface area contributed by atoms with Crippen molar-refractivity contribution in [2.45, 2.75) is 25.2 Å². The highest BCUT2D eigenvalue weighted by atomic mass is 16.5. The molecule has 1 saturated heterocycles. The number of rotatable bonds is 4. The van der Waals surface area contributed by atoms with Gasteiger partial charge in [0.25, 0.3) is 0 Å². The Morgan fingerprint density at radius 3 is 2.90 bits per heavy atom. The van der Waals surface area contributed by atoms with Crippen LogP contribution in [0.4, 0.5) is 4.79 Å². The van der Waals surface area contributed by atoms with Crippen molar-refractivity contribution in [1.29, 1.82) is 0 Å². The number of likely N-dealkylation sites (tertiary alicyclic amines) is 1. The van der Waals surface area contributed by atoms with Crippen molar-refractivity contribution in [2.75, 3.05) is 33.4 Å². The molecule has 20 heavy (non-hydrogen) atoms. The van der Waals surface area contributed by atoms with Crippen LogP contribution in [0.25, 0.3) is 0 Å². The van der Waals surface area contributed by atoms with Gasteiger partial charge in [-0.25, -0.2) is 4.79 Å². The van der Waals surface area contributed by atoms with Crippen LogP contribution < -0.4 is 5.32 Å². The van der Waals surface area contributed by atoms with Gasteiger partial charge in [-0.05, 0) is 18.4 Å². The molecule has 1 aliphatic heterocycles.